The third-order valence-corrected chi connectivity index (χ3v) is 5.24. The van der Waals surface area contributed by atoms with Gasteiger partial charge < -0.3 is 14.3 Å². The molecule has 7 nitrogen and oxygen atoms in total. The Morgan fingerprint density at radius 1 is 1.29 bits per heavy atom. The number of carbonyl (C=O) groups is 2. The van der Waals surface area contributed by atoms with E-state index in [1.165, 1.54) is 0 Å². The van der Waals surface area contributed by atoms with Gasteiger partial charge in [0.15, 0.2) is 0 Å². The van der Waals surface area contributed by atoms with E-state index >= 15 is 0 Å². The van der Waals surface area contributed by atoms with Crippen molar-refractivity contribution >= 4 is 11.8 Å². The van der Waals surface area contributed by atoms with Gasteiger partial charge in [-0.05, 0) is 26.7 Å². The van der Waals surface area contributed by atoms with Crippen LogP contribution in [0.25, 0.3) is 0 Å². The van der Waals surface area contributed by atoms with Crippen molar-refractivity contribution in [3.05, 3.63) is 17.0 Å². The maximum Gasteiger partial charge on any atom is 0.241 e. The first kappa shape index (κ1) is 17.0. The number of hydrogen-bond acceptors (Lipinski definition) is 5. The summed E-state index contributed by atoms with van der Waals surface area (Å²) in [5.74, 6) is 0.935. The van der Waals surface area contributed by atoms with E-state index in [2.05, 4.69) is 10.1 Å². The molecule has 0 aliphatic carbocycles. The van der Waals surface area contributed by atoms with Gasteiger partial charge in [0.1, 0.15) is 12.3 Å². The van der Waals surface area contributed by atoms with Crippen LogP contribution >= 0.6 is 0 Å². The van der Waals surface area contributed by atoms with Gasteiger partial charge in [-0.15, -0.1) is 0 Å². The molecule has 4 rings (SSSR count). The molecule has 0 radical (unpaired) electrons. The van der Waals surface area contributed by atoms with Crippen molar-refractivity contribution in [1.82, 2.24) is 19.9 Å². The largest absolute Gasteiger partial charge is 0.361 e. The molecule has 3 aliphatic rings. The van der Waals surface area contributed by atoms with Crippen molar-refractivity contribution in [3.63, 3.8) is 0 Å². The van der Waals surface area contributed by atoms with Crippen LogP contribution < -0.4 is 0 Å². The number of likely N-dealkylation sites (N-methyl/N-ethyl adjacent to an activating group) is 1. The Labute approximate surface area is 142 Å². The monoisotopic (exact) mass is 334 g/mol. The van der Waals surface area contributed by atoms with Crippen LogP contribution in [0.5, 0.6) is 0 Å². The lowest BCUT2D eigenvalue weighted by Gasteiger charge is -2.36. The van der Waals surface area contributed by atoms with Crippen molar-refractivity contribution in [1.29, 1.82) is 0 Å². The first-order chi connectivity index (χ1) is 11.4. The summed E-state index contributed by atoms with van der Waals surface area (Å²) in [6, 6.07) is 0.112. The van der Waals surface area contributed by atoms with E-state index in [4.69, 9.17) is 4.52 Å². The summed E-state index contributed by atoms with van der Waals surface area (Å²) in [6.07, 6.45) is 1.88. The van der Waals surface area contributed by atoms with Crippen LogP contribution in [0, 0.1) is 19.8 Å². The van der Waals surface area contributed by atoms with Gasteiger partial charge in [0, 0.05) is 45.3 Å². The highest BCUT2D eigenvalue weighted by Gasteiger charge is 2.41. The number of amides is 2. The zero-order chi connectivity index (χ0) is 17.4. The molecule has 2 amide bonds. The van der Waals surface area contributed by atoms with Crippen LogP contribution in [0.4, 0.5) is 0 Å². The van der Waals surface area contributed by atoms with E-state index < -0.39 is 0 Å². The van der Waals surface area contributed by atoms with Crippen molar-refractivity contribution in [3.8, 4) is 0 Å². The molecule has 3 fully saturated rings. The molecular formula is C17H26N4O3. The summed E-state index contributed by atoms with van der Waals surface area (Å²) in [5, 5.41) is 4.02. The Hall–Kier alpha value is -1.89. The second-order valence-electron chi connectivity index (χ2n) is 7.18. The fourth-order valence-corrected chi connectivity index (χ4v) is 3.71. The van der Waals surface area contributed by atoms with Gasteiger partial charge in [0.05, 0.1) is 11.6 Å². The Bertz CT molecular complexity index is 620. The van der Waals surface area contributed by atoms with Crippen molar-refractivity contribution in [2.24, 2.45) is 5.92 Å². The minimum atomic E-state index is -0.0202. The van der Waals surface area contributed by atoms with Crippen LogP contribution in [0.1, 0.15) is 29.9 Å². The Morgan fingerprint density at radius 2 is 2.04 bits per heavy atom. The lowest BCUT2D eigenvalue weighted by molar-refractivity contribution is -0.145. The Balaban J connectivity index is 1.75. The number of rotatable bonds is 4. The molecule has 7 heteroatoms. The predicted octanol–water partition coefficient (Wildman–Crippen LogP) is 0.802. The van der Waals surface area contributed by atoms with Crippen molar-refractivity contribution in [2.45, 2.75) is 39.3 Å². The van der Waals surface area contributed by atoms with Gasteiger partial charge in [0.25, 0.3) is 0 Å². The lowest BCUT2D eigenvalue weighted by atomic mass is 9.94. The van der Waals surface area contributed by atoms with E-state index in [0.29, 0.717) is 0 Å². The maximum absolute atomic E-state index is 12.7. The number of aromatic nitrogens is 1. The van der Waals surface area contributed by atoms with Crippen LogP contribution in [-0.4, -0.2) is 71.4 Å². The number of piperidine rings is 1. The quantitative estimate of drug-likeness (QED) is 0.815. The Morgan fingerprint density at radius 3 is 2.67 bits per heavy atom. The number of hydrogen-bond donors (Lipinski definition) is 0. The van der Waals surface area contributed by atoms with E-state index in [9.17, 15) is 9.59 Å². The molecule has 24 heavy (non-hydrogen) atoms. The number of fused-ring (bicyclic) bond motifs is 4. The topological polar surface area (TPSA) is 69.9 Å². The summed E-state index contributed by atoms with van der Waals surface area (Å²) >= 11 is 0. The first-order valence-electron chi connectivity index (χ1n) is 8.51. The molecule has 2 bridgehead atoms. The molecule has 0 aromatic carbocycles. The minimum Gasteiger partial charge on any atom is -0.361 e. The molecule has 132 valence electrons. The van der Waals surface area contributed by atoms with Gasteiger partial charge in [-0.2, -0.15) is 0 Å². The van der Waals surface area contributed by atoms with Gasteiger partial charge in [-0.25, -0.2) is 0 Å². The highest BCUT2D eigenvalue weighted by molar-refractivity contribution is 5.86. The second kappa shape index (κ2) is 6.55. The summed E-state index contributed by atoms with van der Waals surface area (Å²) in [7, 11) is 3.46. The molecule has 3 saturated heterocycles. The fraction of sp³-hybridized carbons (Fsp3) is 0.706. The Kier molecular flexibility index (Phi) is 4.62. The standard InChI is InChI=1S/C17H26N4O3/c1-11-15(12(2)24-18-11)9-20-7-13-5-6-14(8-20)21(17(13)23)10-16(22)19(3)4/h13-14H,5-10H2,1-4H3/t13-,14+/m0/s1. The molecular weight excluding hydrogens is 308 g/mol. The normalized spacial score (nSPS) is 24.3. The molecule has 3 aliphatic heterocycles. The highest BCUT2D eigenvalue weighted by atomic mass is 16.5. The van der Waals surface area contributed by atoms with Crippen LogP contribution in [-0.2, 0) is 16.1 Å². The average molecular weight is 334 g/mol. The predicted molar refractivity (Wildman–Crippen MR) is 88.2 cm³/mol. The highest BCUT2D eigenvalue weighted by Crippen LogP contribution is 2.30. The van der Waals surface area contributed by atoms with Gasteiger partial charge in [-0.1, -0.05) is 5.16 Å². The van der Waals surface area contributed by atoms with Gasteiger partial charge in [0.2, 0.25) is 11.8 Å². The molecule has 2 atom stereocenters. The van der Waals surface area contributed by atoms with Gasteiger partial charge in [-0.3, -0.25) is 14.5 Å². The number of carbonyl (C=O) groups excluding carboxylic acids is 2. The molecule has 1 aromatic heterocycles. The molecule has 0 N–H and O–H groups in total. The summed E-state index contributed by atoms with van der Waals surface area (Å²) in [4.78, 5) is 30.5. The average Bonchev–Trinajstić information content (AvgIpc) is 2.72. The second-order valence-corrected chi connectivity index (χ2v) is 7.18. The van der Waals surface area contributed by atoms with E-state index in [0.717, 1.165) is 49.5 Å². The molecule has 0 saturated carbocycles. The SMILES string of the molecule is Cc1noc(C)c1CN1C[C@@H]2CC[C@H](C1)N(CC(=O)N(C)C)C2=O. The lowest BCUT2D eigenvalue weighted by Crippen LogP contribution is -2.51. The third-order valence-electron chi connectivity index (χ3n) is 5.24. The summed E-state index contributed by atoms with van der Waals surface area (Å²) in [5.41, 5.74) is 2.02. The molecule has 0 spiro atoms. The van der Waals surface area contributed by atoms with Crippen LogP contribution in [0.2, 0.25) is 0 Å². The van der Waals surface area contributed by atoms with Crippen molar-refractivity contribution < 1.29 is 14.1 Å². The van der Waals surface area contributed by atoms with E-state index in [1.54, 1.807) is 23.9 Å². The zero-order valence-corrected chi connectivity index (χ0v) is 14.9. The maximum atomic E-state index is 12.7. The zero-order valence-electron chi connectivity index (χ0n) is 14.9. The van der Waals surface area contributed by atoms with Crippen LogP contribution in [0.15, 0.2) is 4.52 Å². The van der Waals surface area contributed by atoms with E-state index in [-0.39, 0.29) is 30.3 Å². The minimum absolute atomic E-state index is 0.0146. The fourth-order valence-electron chi connectivity index (χ4n) is 3.71. The van der Waals surface area contributed by atoms with Crippen LogP contribution in [0.3, 0.4) is 0 Å². The van der Waals surface area contributed by atoms with Crippen molar-refractivity contribution in [2.75, 3.05) is 33.7 Å². The smallest absolute Gasteiger partial charge is 0.241 e. The first-order valence-corrected chi connectivity index (χ1v) is 8.51. The number of aryl methyl sites for hydroxylation is 2. The molecule has 1 aromatic rings. The molecule has 0 unspecified atom stereocenters. The molecule has 4 heterocycles. The van der Waals surface area contributed by atoms with E-state index in [1.807, 2.05) is 13.8 Å². The summed E-state index contributed by atoms with van der Waals surface area (Å²) in [6.45, 7) is 6.35. The van der Waals surface area contributed by atoms with Gasteiger partial charge >= 0.3 is 0 Å². The third kappa shape index (κ3) is 3.17. The summed E-state index contributed by atoms with van der Waals surface area (Å²) < 4.78 is 5.25. The number of nitrogens with zero attached hydrogens (tertiary/aromatic N) is 4.